The SMILES string of the molecule is COc1cccc(C(=O)NCC(C)(C)O)c1O. The first kappa shape index (κ1) is 13.3. The van der Waals surface area contributed by atoms with Crippen LogP contribution in [0.25, 0.3) is 0 Å². The number of amides is 1. The first-order chi connectivity index (χ1) is 7.85. The molecule has 0 atom stereocenters. The first-order valence-electron chi connectivity index (χ1n) is 5.21. The van der Waals surface area contributed by atoms with Gasteiger partial charge in [0.05, 0.1) is 18.3 Å². The highest BCUT2D eigenvalue weighted by Crippen LogP contribution is 2.29. The van der Waals surface area contributed by atoms with E-state index >= 15 is 0 Å². The number of phenols is 1. The zero-order chi connectivity index (χ0) is 13.1. The normalized spacial score (nSPS) is 11.1. The summed E-state index contributed by atoms with van der Waals surface area (Å²) in [5, 5.41) is 21.7. The van der Waals surface area contributed by atoms with E-state index in [1.807, 2.05) is 0 Å². The summed E-state index contributed by atoms with van der Waals surface area (Å²) >= 11 is 0. The maximum absolute atomic E-state index is 11.7. The van der Waals surface area contributed by atoms with Gasteiger partial charge in [0.25, 0.3) is 5.91 Å². The monoisotopic (exact) mass is 239 g/mol. The molecule has 0 radical (unpaired) electrons. The van der Waals surface area contributed by atoms with E-state index in [1.54, 1.807) is 26.0 Å². The molecule has 1 amide bonds. The highest BCUT2D eigenvalue weighted by atomic mass is 16.5. The number of hydrogen-bond acceptors (Lipinski definition) is 4. The van der Waals surface area contributed by atoms with E-state index in [2.05, 4.69) is 5.32 Å². The van der Waals surface area contributed by atoms with Crippen molar-refractivity contribution in [2.45, 2.75) is 19.4 Å². The van der Waals surface area contributed by atoms with Crippen molar-refractivity contribution in [3.8, 4) is 11.5 Å². The van der Waals surface area contributed by atoms with E-state index in [4.69, 9.17) is 4.74 Å². The van der Waals surface area contributed by atoms with Crippen LogP contribution in [0.15, 0.2) is 18.2 Å². The van der Waals surface area contributed by atoms with Gasteiger partial charge in [0, 0.05) is 6.54 Å². The highest BCUT2D eigenvalue weighted by Gasteiger charge is 2.18. The van der Waals surface area contributed by atoms with Crippen LogP contribution in [0.2, 0.25) is 0 Å². The van der Waals surface area contributed by atoms with E-state index in [-0.39, 0.29) is 23.6 Å². The van der Waals surface area contributed by atoms with Crippen LogP contribution in [-0.4, -0.2) is 35.4 Å². The molecule has 1 rings (SSSR count). The van der Waals surface area contributed by atoms with Gasteiger partial charge in [-0.05, 0) is 26.0 Å². The summed E-state index contributed by atoms with van der Waals surface area (Å²) in [7, 11) is 1.41. The molecule has 0 saturated heterocycles. The molecule has 0 fully saturated rings. The summed E-state index contributed by atoms with van der Waals surface area (Å²) in [5.41, 5.74) is -0.877. The Kier molecular flexibility index (Phi) is 3.96. The summed E-state index contributed by atoms with van der Waals surface area (Å²) in [6.45, 7) is 3.26. The number of carbonyl (C=O) groups excluding carboxylic acids is 1. The molecule has 0 saturated carbocycles. The first-order valence-corrected chi connectivity index (χ1v) is 5.21. The molecular weight excluding hydrogens is 222 g/mol. The van der Waals surface area contributed by atoms with Crippen molar-refractivity contribution in [1.29, 1.82) is 0 Å². The third kappa shape index (κ3) is 3.64. The smallest absolute Gasteiger partial charge is 0.255 e. The van der Waals surface area contributed by atoms with E-state index in [1.165, 1.54) is 13.2 Å². The molecule has 0 unspecified atom stereocenters. The van der Waals surface area contributed by atoms with Crippen molar-refractivity contribution in [3.63, 3.8) is 0 Å². The summed E-state index contributed by atoms with van der Waals surface area (Å²) in [5.74, 6) is -0.423. The molecule has 0 aliphatic rings. The number of carbonyl (C=O) groups is 1. The molecule has 1 aromatic carbocycles. The largest absolute Gasteiger partial charge is 0.504 e. The zero-order valence-electron chi connectivity index (χ0n) is 10.2. The topological polar surface area (TPSA) is 78.8 Å². The molecule has 0 bridgehead atoms. The van der Waals surface area contributed by atoms with Crippen molar-refractivity contribution in [1.82, 2.24) is 5.32 Å². The molecule has 17 heavy (non-hydrogen) atoms. The van der Waals surface area contributed by atoms with Gasteiger partial charge in [-0.25, -0.2) is 0 Å². The maximum Gasteiger partial charge on any atom is 0.255 e. The van der Waals surface area contributed by atoms with Gasteiger partial charge in [-0.1, -0.05) is 6.07 Å². The zero-order valence-corrected chi connectivity index (χ0v) is 10.2. The predicted molar refractivity (Wildman–Crippen MR) is 63.3 cm³/mol. The van der Waals surface area contributed by atoms with Crippen LogP contribution < -0.4 is 10.1 Å². The van der Waals surface area contributed by atoms with E-state index in [0.717, 1.165) is 0 Å². The fourth-order valence-electron chi connectivity index (χ4n) is 1.26. The van der Waals surface area contributed by atoms with Crippen LogP contribution in [0.5, 0.6) is 11.5 Å². The molecule has 5 heteroatoms. The predicted octanol–water partition coefficient (Wildman–Crippen LogP) is 0.901. The molecule has 0 aliphatic heterocycles. The van der Waals surface area contributed by atoms with E-state index < -0.39 is 11.5 Å². The van der Waals surface area contributed by atoms with Gasteiger partial charge in [-0.15, -0.1) is 0 Å². The van der Waals surface area contributed by atoms with Crippen molar-refractivity contribution >= 4 is 5.91 Å². The Hall–Kier alpha value is -1.75. The number of hydrogen-bond donors (Lipinski definition) is 3. The molecule has 5 nitrogen and oxygen atoms in total. The molecule has 94 valence electrons. The Balaban J connectivity index is 2.83. The van der Waals surface area contributed by atoms with Gasteiger partial charge < -0.3 is 20.3 Å². The molecule has 0 spiro atoms. The van der Waals surface area contributed by atoms with Crippen LogP contribution in [0.3, 0.4) is 0 Å². The fraction of sp³-hybridized carbons (Fsp3) is 0.417. The van der Waals surface area contributed by atoms with Gasteiger partial charge in [0.15, 0.2) is 11.5 Å². The number of rotatable bonds is 4. The van der Waals surface area contributed by atoms with Crippen LogP contribution in [0.1, 0.15) is 24.2 Å². The summed E-state index contributed by atoms with van der Waals surface area (Å²) in [4.78, 5) is 11.7. The molecule has 0 aliphatic carbocycles. The average Bonchev–Trinajstić information content (AvgIpc) is 2.25. The van der Waals surface area contributed by atoms with Crippen LogP contribution in [-0.2, 0) is 0 Å². The van der Waals surface area contributed by atoms with Crippen molar-refractivity contribution in [2.24, 2.45) is 0 Å². The molecular formula is C12H17NO4. The Morgan fingerprint density at radius 3 is 2.65 bits per heavy atom. The second-order valence-electron chi connectivity index (χ2n) is 4.35. The minimum Gasteiger partial charge on any atom is -0.504 e. The van der Waals surface area contributed by atoms with Gasteiger partial charge in [0.1, 0.15) is 0 Å². The molecule has 0 heterocycles. The van der Waals surface area contributed by atoms with Gasteiger partial charge in [-0.2, -0.15) is 0 Å². The lowest BCUT2D eigenvalue weighted by molar-refractivity contribution is 0.0692. The quantitative estimate of drug-likeness (QED) is 0.729. The number of para-hydroxylation sites is 1. The number of aromatic hydroxyl groups is 1. The van der Waals surface area contributed by atoms with Gasteiger partial charge in [-0.3, -0.25) is 4.79 Å². The Labute approximate surface area is 100 Å². The lowest BCUT2D eigenvalue weighted by atomic mass is 10.1. The summed E-state index contributed by atoms with van der Waals surface area (Å²) in [6.07, 6.45) is 0. The highest BCUT2D eigenvalue weighted by molar-refractivity contribution is 5.97. The minimum atomic E-state index is -0.996. The second kappa shape index (κ2) is 5.05. The fourth-order valence-corrected chi connectivity index (χ4v) is 1.26. The number of methoxy groups -OCH3 is 1. The van der Waals surface area contributed by atoms with Crippen LogP contribution >= 0.6 is 0 Å². The minimum absolute atomic E-state index is 0.0997. The number of ether oxygens (including phenoxy) is 1. The Morgan fingerprint density at radius 1 is 1.47 bits per heavy atom. The lowest BCUT2D eigenvalue weighted by Crippen LogP contribution is -2.38. The third-order valence-corrected chi connectivity index (χ3v) is 2.15. The summed E-state index contributed by atoms with van der Waals surface area (Å²) < 4.78 is 4.90. The molecule has 1 aromatic rings. The lowest BCUT2D eigenvalue weighted by Gasteiger charge is -2.18. The molecule has 0 aromatic heterocycles. The Morgan fingerprint density at radius 2 is 2.12 bits per heavy atom. The van der Waals surface area contributed by atoms with Crippen LogP contribution in [0.4, 0.5) is 0 Å². The number of phenolic OH excluding ortho intramolecular Hbond substituents is 1. The maximum atomic E-state index is 11.7. The number of aliphatic hydroxyl groups is 1. The third-order valence-electron chi connectivity index (χ3n) is 2.15. The van der Waals surface area contributed by atoms with Gasteiger partial charge in [0.2, 0.25) is 0 Å². The number of nitrogens with one attached hydrogen (secondary N) is 1. The standard InChI is InChI=1S/C12H17NO4/c1-12(2,16)7-13-11(15)8-5-4-6-9(17-3)10(8)14/h4-6,14,16H,7H2,1-3H3,(H,13,15). The van der Waals surface area contributed by atoms with Crippen molar-refractivity contribution in [2.75, 3.05) is 13.7 Å². The van der Waals surface area contributed by atoms with Gasteiger partial charge >= 0.3 is 0 Å². The summed E-state index contributed by atoms with van der Waals surface area (Å²) in [6, 6.07) is 4.65. The van der Waals surface area contributed by atoms with E-state index in [0.29, 0.717) is 0 Å². The second-order valence-corrected chi connectivity index (χ2v) is 4.35. The van der Waals surface area contributed by atoms with Crippen molar-refractivity contribution < 1.29 is 19.7 Å². The van der Waals surface area contributed by atoms with Crippen molar-refractivity contribution in [3.05, 3.63) is 23.8 Å². The number of benzene rings is 1. The average molecular weight is 239 g/mol. The Bertz CT molecular complexity index is 409. The van der Waals surface area contributed by atoms with E-state index in [9.17, 15) is 15.0 Å². The van der Waals surface area contributed by atoms with Crippen LogP contribution in [0, 0.1) is 0 Å². The molecule has 3 N–H and O–H groups in total.